The van der Waals surface area contributed by atoms with Gasteiger partial charge in [0.05, 0.1) is 0 Å². The van der Waals surface area contributed by atoms with Gasteiger partial charge in [-0.1, -0.05) is 18.7 Å². The molecule has 0 aliphatic carbocycles. The van der Waals surface area contributed by atoms with Crippen LogP contribution in [0.2, 0.25) is 0 Å². The summed E-state index contributed by atoms with van der Waals surface area (Å²) in [4.78, 5) is 22.2. The Hall–Kier alpha value is -1.50. The van der Waals surface area contributed by atoms with Crippen molar-refractivity contribution in [3.8, 4) is 0 Å². The van der Waals surface area contributed by atoms with Crippen LogP contribution in [0.15, 0.2) is 11.2 Å². The van der Waals surface area contributed by atoms with Crippen molar-refractivity contribution in [1.29, 1.82) is 0 Å². The number of hydrogen-bond donors (Lipinski definition) is 2. The third-order valence-corrected chi connectivity index (χ3v) is 3.97. The van der Waals surface area contributed by atoms with Crippen molar-refractivity contribution < 1.29 is 4.79 Å². The zero-order valence-electron chi connectivity index (χ0n) is 12.8. The number of likely N-dealkylation sites (N-methyl/N-ethyl adjacent to an activating group) is 1. The standard InChI is InChI=1S/C14H23N5OS/c1-4-7-15-11-8-12(18-14(17-11)21-3)16-10-5-6-13(20)19(2)9-10/h8,10H,4-7,9H2,1-3H3,(H2,15,16,17,18). The van der Waals surface area contributed by atoms with Crippen LogP contribution in [0.3, 0.4) is 0 Å². The van der Waals surface area contributed by atoms with E-state index in [0.29, 0.717) is 6.42 Å². The molecule has 2 N–H and O–H groups in total. The molecule has 1 aromatic rings. The van der Waals surface area contributed by atoms with Crippen LogP contribution in [0.5, 0.6) is 0 Å². The first-order valence-corrected chi connectivity index (χ1v) is 8.52. The maximum Gasteiger partial charge on any atom is 0.222 e. The Morgan fingerprint density at radius 1 is 1.43 bits per heavy atom. The molecular weight excluding hydrogens is 286 g/mol. The lowest BCUT2D eigenvalue weighted by Gasteiger charge is -2.30. The van der Waals surface area contributed by atoms with E-state index in [1.165, 1.54) is 11.8 Å². The molecule has 116 valence electrons. The van der Waals surface area contributed by atoms with Crippen molar-refractivity contribution in [2.45, 2.75) is 37.4 Å². The smallest absolute Gasteiger partial charge is 0.222 e. The number of anilines is 2. The van der Waals surface area contributed by atoms with Crippen LogP contribution in [-0.2, 0) is 4.79 Å². The molecule has 1 saturated heterocycles. The molecule has 0 bridgehead atoms. The summed E-state index contributed by atoms with van der Waals surface area (Å²) in [6, 6.07) is 2.18. The highest BCUT2D eigenvalue weighted by Gasteiger charge is 2.23. The third-order valence-electron chi connectivity index (χ3n) is 3.42. The number of piperidine rings is 1. The molecule has 2 heterocycles. The molecule has 1 fully saturated rings. The molecule has 1 amide bonds. The summed E-state index contributed by atoms with van der Waals surface area (Å²) in [5, 5.41) is 7.47. The maximum absolute atomic E-state index is 11.5. The zero-order valence-corrected chi connectivity index (χ0v) is 13.7. The molecule has 0 aromatic carbocycles. The van der Waals surface area contributed by atoms with Crippen LogP contribution < -0.4 is 10.6 Å². The minimum absolute atomic E-state index is 0.214. The van der Waals surface area contributed by atoms with Crippen LogP contribution in [0.25, 0.3) is 0 Å². The first kappa shape index (κ1) is 15.9. The van der Waals surface area contributed by atoms with Crippen molar-refractivity contribution in [2.75, 3.05) is 37.0 Å². The van der Waals surface area contributed by atoms with Crippen molar-refractivity contribution >= 4 is 29.3 Å². The van der Waals surface area contributed by atoms with Crippen LogP contribution in [0, 0.1) is 0 Å². The summed E-state index contributed by atoms with van der Waals surface area (Å²) in [5.41, 5.74) is 0. The van der Waals surface area contributed by atoms with Gasteiger partial charge >= 0.3 is 0 Å². The minimum Gasteiger partial charge on any atom is -0.370 e. The van der Waals surface area contributed by atoms with E-state index in [1.807, 2.05) is 19.4 Å². The van der Waals surface area contributed by atoms with Crippen molar-refractivity contribution in [2.24, 2.45) is 0 Å². The SMILES string of the molecule is CCCNc1cc(NC2CCC(=O)N(C)C2)nc(SC)n1. The van der Waals surface area contributed by atoms with E-state index in [2.05, 4.69) is 27.5 Å². The highest BCUT2D eigenvalue weighted by molar-refractivity contribution is 7.98. The normalized spacial score (nSPS) is 18.7. The number of likely N-dealkylation sites (tertiary alicyclic amines) is 1. The van der Waals surface area contributed by atoms with Crippen molar-refractivity contribution in [1.82, 2.24) is 14.9 Å². The molecule has 1 atom stereocenters. The summed E-state index contributed by atoms with van der Waals surface area (Å²) in [7, 11) is 1.84. The first-order chi connectivity index (χ1) is 10.1. The van der Waals surface area contributed by atoms with E-state index in [-0.39, 0.29) is 11.9 Å². The van der Waals surface area contributed by atoms with E-state index in [0.717, 1.165) is 42.7 Å². The molecule has 1 aliphatic rings. The number of carbonyl (C=O) groups is 1. The highest BCUT2D eigenvalue weighted by Crippen LogP contribution is 2.20. The fourth-order valence-electron chi connectivity index (χ4n) is 2.27. The fourth-order valence-corrected chi connectivity index (χ4v) is 2.65. The van der Waals surface area contributed by atoms with E-state index in [9.17, 15) is 4.79 Å². The molecule has 1 unspecified atom stereocenters. The van der Waals surface area contributed by atoms with E-state index in [1.54, 1.807) is 4.90 Å². The summed E-state index contributed by atoms with van der Waals surface area (Å²) in [6.45, 7) is 3.73. The molecular formula is C14H23N5OS. The predicted molar refractivity (Wildman–Crippen MR) is 86.9 cm³/mol. The topological polar surface area (TPSA) is 70.2 Å². The number of nitrogens with zero attached hydrogens (tertiary/aromatic N) is 3. The van der Waals surface area contributed by atoms with Gasteiger partial charge in [0.1, 0.15) is 11.6 Å². The fraction of sp³-hybridized carbons (Fsp3) is 0.643. The Morgan fingerprint density at radius 3 is 2.86 bits per heavy atom. The lowest BCUT2D eigenvalue weighted by atomic mass is 10.1. The molecule has 1 aromatic heterocycles. The summed E-state index contributed by atoms with van der Waals surface area (Å²) >= 11 is 1.53. The second-order valence-electron chi connectivity index (χ2n) is 5.21. The molecule has 0 spiro atoms. The molecule has 2 rings (SSSR count). The molecule has 0 saturated carbocycles. The lowest BCUT2D eigenvalue weighted by Crippen LogP contribution is -2.43. The van der Waals surface area contributed by atoms with Gasteiger partial charge in [0, 0.05) is 38.7 Å². The maximum atomic E-state index is 11.5. The predicted octanol–water partition coefficient (Wildman–Crippen LogP) is 2.05. The molecule has 0 radical (unpaired) electrons. The zero-order chi connectivity index (χ0) is 15.2. The summed E-state index contributed by atoms with van der Waals surface area (Å²) < 4.78 is 0. The Balaban J connectivity index is 2.06. The minimum atomic E-state index is 0.214. The van der Waals surface area contributed by atoms with Gasteiger partial charge in [0.2, 0.25) is 5.91 Å². The number of nitrogens with one attached hydrogen (secondary N) is 2. The second-order valence-corrected chi connectivity index (χ2v) is 5.98. The third kappa shape index (κ3) is 4.49. The first-order valence-electron chi connectivity index (χ1n) is 7.29. The quantitative estimate of drug-likeness (QED) is 0.619. The Morgan fingerprint density at radius 2 is 2.19 bits per heavy atom. The van der Waals surface area contributed by atoms with Crippen LogP contribution >= 0.6 is 11.8 Å². The number of aromatic nitrogens is 2. The summed E-state index contributed by atoms with van der Waals surface area (Å²) in [6.07, 6.45) is 4.46. The number of rotatable bonds is 6. The number of thioether (sulfide) groups is 1. The molecule has 21 heavy (non-hydrogen) atoms. The molecule has 1 aliphatic heterocycles. The van der Waals surface area contributed by atoms with Gasteiger partial charge in [0.25, 0.3) is 0 Å². The second kappa shape index (κ2) is 7.49. The lowest BCUT2D eigenvalue weighted by molar-refractivity contribution is -0.132. The van der Waals surface area contributed by atoms with Gasteiger partial charge < -0.3 is 15.5 Å². The van der Waals surface area contributed by atoms with Crippen LogP contribution in [0.1, 0.15) is 26.2 Å². The molecule has 6 nitrogen and oxygen atoms in total. The Bertz CT molecular complexity index is 496. The molecule has 7 heteroatoms. The van der Waals surface area contributed by atoms with Crippen molar-refractivity contribution in [3.63, 3.8) is 0 Å². The van der Waals surface area contributed by atoms with E-state index < -0.39 is 0 Å². The average Bonchev–Trinajstić information content (AvgIpc) is 2.48. The summed E-state index contributed by atoms with van der Waals surface area (Å²) in [5.74, 6) is 1.88. The largest absolute Gasteiger partial charge is 0.370 e. The van der Waals surface area contributed by atoms with E-state index >= 15 is 0 Å². The van der Waals surface area contributed by atoms with Gasteiger partial charge in [-0.15, -0.1) is 0 Å². The van der Waals surface area contributed by atoms with E-state index in [4.69, 9.17) is 0 Å². The number of carbonyl (C=O) groups excluding carboxylic acids is 1. The average molecular weight is 309 g/mol. The Labute approximate surface area is 130 Å². The highest BCUT2D eigenvalue weighted by atomic mass is 32.2. The van der Waals surface area contributed by atoms with Crippen LogP contribution in [-0.4, -0.2) is 53.2 Å². The number of amides is 1. The van der Waals surface area contributed by atoms with Gasteiger partial charge in [-0.2, -0.15) is 0 Å². The van der Waals surface area contributed by atoms with Crippen molar-refractivity contribution in [3.05, 3.63) is 6.07 Å². The van der Waals surface area contributed by atoms with Gasteiger partial charge in [-0.25, -0.2) is 9.97 Å². The van der Waals surface area contributed by atoms with Crippen LogP contribution in [0.4, 0.5) is 11.6 Å². The number of hydrogen-bond acceptors (Lipinski definition) is 6. The monoisotopic (exact) mass is 309 g/mol. The Kier molecular flexibility index (Phi) is 5.67. The van der Waals surface area contributed by atoms with Gasteiger partial charge in [-0.05, 0) is 19.1 Å². The van der Waals surface area contributed by atoms with Gasteiger partial charge in [0.15, 0.2) is 5.16 Å². The van der Waals surface area contributed by atoms with Gasteiger partial charge in [-0.3, -0.25) is 4.79 Å².